The van der Waals surface area contributed by atoms with Gasteiger partial charge in [0.2, 0.25) is 0 Å². The molecule has 182 valence electrons. The SMILES string of the molecule is CCOC(=O)C(/C=C(/CF)c1ccc(C(=O)O[C@@H]2C[C@@H]3CC[C@@]2(C)C3(C)C)cc1)(CC)CC. The van der Waals surface area contributed by atoms with Crippen molar-refractivity contribution in [3.05, 3.63) is 41.5 Å². The monoisotopic (exact) mass is 458 g/mol. The lowest BCUT2D eigenvalue weighted by Crippen LogP contribution is -2.38. The third-order valence-corrected chi connectivity index (χ3v) is 8.99. The van der Waals surface area contributed by atoms with E-state index in [4.69, 9.17) is 9.47 Å². The van der Waals surface area contributed by atoms with Crippen molar-refractivity contribution in [2.45, 2.75) is 79.8 Å². The van der Waals surface area contributed by atoms with Gasteiger partial charge in [0.15, 0.2) is 0 Å². The highest BCUT2D eigenvalue weighted by Crippen LogP contribution is 2.66. The smallest absolute Gasteiger partial charge is 0.338 e. The average Bonchev–Trinajstić information content (AvgIpc) is 3.14. The van der Waals surface area contributed by atoms with Crippen LogP contribution >= 0.6 is 0 Å². The molecule has 0 radical (unpaired) electrons. The molecule has 3 atom stereocenters. The number of fused-ring (bicyclic) bond motifs is 2. The van der Waals surface area contributed by atoms with E-state index in [9.17, 15) is 14.0 Å². The molecule has 0 aromatic heterocycles. The molecule has 33 heavy (non-hydrogen) atoms. The second kappa shape index (κ2) is 9.60. The number of halogens is 1. The first-order valence-corrected chi connectivity index (χ1v) is 12.3. The summed E-state index contributed by atoms with van der Waals surface area (Å²) in [6, 6.07) is 6.84. The first-order chi connectivity index (χ1) is 15.6. The van der Waals surface area contributed by atoms with Gasteiger partial charge in [-0.1, -0.05) is 52.8 Å². The van der Waals surface area contributed by atoms with Gasteiger partial charge in [0.1, 0.15) is 12.8 Å². The van der Waals surface area contributed by atoms with Crippen molar-refractivity contribution in [1.29, 1.82) is 0 Å². The van der Waals surface area contributed by atoms with Gasteiger partial charge in [0.25, 0.3) is 0 Å². The Morgan fingerprint density at radius 2 is 1.70 bits per heavy atom. The van der Waals surface area contributed by atoms with E-state index >= 15 is 0 Å². The molecular weight excluding hydrogens is 419 g/mol. The van der Waals surface area contributed by atoms with Crippen LogP contribution in [0, 0.1) is 22.2 Å². The maximum Gasteiger partial charge on any atom is 0.338 e. The summed E-state index contributed by atoms with van der Waals surface area (Å²) in [4.78, 5) is 25.5. The van der Waals surface area contributed by atoms with Gasteiger partial charge < -0.3 is 9.47 Å². The van der Waals surface area contributed by atoms with E-state index in [1.54, 1.807) is 37.3 Å². The Morgan fingerprint density at radius 1 is 1.09 bits per heavy atom. The predicted octanol–water partition coefficient (Wildman–Crippen LogP) is 6.78. The highest BCUT2D eigenvalue weighted by Gasteiger charge is 2.62. The molecule has 0 N–H and O–H groups in total. The van der Waals surface area contributed by atoms with Crippen LogP contribution < -0.4 is 0 Å². The lowest BCUT2D eigenvalue weighted by molar-refractivity contribution is -0.152. The summed E-state index contributed by atoms with van der Waals surface area (Å²) in [5.41, 5.74) is 0.857. The van der Waals surface area contributed by atoms with E-state index in [-0.39, 0.29) is 35.5 Å². The third-order valence-electron chi connectivity index (χ3n) is 8.99. The molecule has 1 aromatic carbocycles. The summed E-state index contributed by atoms with van der Waals surface area (Å²) in [5, 5.41) is 0. The first-order valence-electron chi connectivity index (χ1n) is 12.3. The fraction of sp³-hybridized carbons (Fsp3) is 0.643. The summed E-state index contributed by atoms with van der Waals surface area (Å²) in [6.45, 7) is 12.0. The van der Waals surface area contributed by atoms with E-state index in [0.29, 0.717) is 35.5 Å². The van der Waals surface area contributed by atoms with Crippen LogP contribution in [-0.2, 0) is 14.3 Å². The first kappa shape index (κ1) is 25.5. The molecule has 2 saturated carbocycles. The summed E-state index contributed by atoms with van der Waals surface area (Å²) in [7, 11) is 0. The minimum Gasteiger partial charge on any atom is -0.465 e. The van der Waals surface area contributed by atoms with Crippen molar-refractivity contribution in [2.24, 2.45) is 22.2 Å². The quantitative estimate of drug-likeness (QED) is 0.383. The van der Waals surface area contributed by atoms with E-state index in [1.165, 1.54) is 6.42 Å². The molecule has 3 rings (SSSR count). The Bertz CT molecular complexity index is 897. The summed E-state index contributed by atoms with van der Waals surface area (Å²) < 4.78 is 25.3. The summed E-state index contributed by atoms with van der Waals surface area (Å²) in [6.07, 6.45) is 5.89. The standard InChI is InChI=1S/C28H39FO4/c1-7-28(8-2,25(31)32-9-3)17-21(18-29)19-10-12-20(13-11-19)24(30)33-23-16-22-14-15-27(23,6)26(22,4)5/h10-13,17,22-23H,7-9,14-16,18H2,1-6H3/b21-17-/t22-,23+,27+/m0/s1. The molecule has 0 heterocycles. The van der Waals surface area contributed by atoms with Crippen molar-refractivity contribution < 1.29 is 23.5 Å². The molecule has 0 saturated heterocycles. The molecule has 0 amide bonds. The van der Waals surface area contributed by atoms with Gasteiger partial charge in [0, 0.05) is 5.41 Å². The zero-order valence-corrected chi connectivity index (χ0v) is 21.0. The zero-order valence-electron chi connectivity index (χ0n) is 21.0. The molecule has 0 unspecified atom stereocenters. The number of carbonyl (C=O) groups is 2. The van der Waals surface area contributed by atoms with E-state index in [0.717, 1.165) is 12.8 Å². The van der Waals surface area contributed by atoms with Crippen LogP contribution in [0.25, 0.3) is 5.57 Å². The predicted molar refractivity (Wildman–Crippen MR) is 128 cm³/mol. The lowest BCUT2D eigenvalue weighted by atomic mass is 9.70. The van der Waals surface area contributed by atoms with Crippen molar-refractivity contribution in [3.8, 4) is 0 Å². The number of ether oxygens (including phenoxy) is 2. The molecule has 5 heteroatoms. The number of hydrogen-bond acceptors (Lipinski definition) is 4. The second-order valence-electron chi connectivity index (χ2n) is 10.5. The number of benzene rings is 1. The highest BCUT2D eigenvalue weighted by atomic mass is 19.1. The van der Waals surface area contributed by atoms with Gasteiger partial charge >= 0.3 is 11.9 Å². The number of rotatable bonds is 9. The largest absolute Gasteiger partial charge is 0.465 e. The molecule has 2 fully saturated rings. The fourth-order valence-electron chi connectivity index (χ4n) is 5.94. The third kappa shape index (κ3) is 4.36. The Balaban J connectivity index is 1.78. The van der Waals surface area contributed by atoms with Gasteiger partial charge in [0.05, 0.1) is 17.6 Å². The van der Waals surface area contributed by atoms with Crippen LogP contribution in [0.15, 0.2) is 30.3 Å². The summed E-state index contributed by atoms with van der Waals surface area (Å²) >= 11 is 0. The molecular formula is C28H39FO4. The zero-order chi connectivity index (χ0) is 24.4. The van der Waals surface area contributed by atoms with Crippen LogP contribution in [0.4, 0.5) is 4.39 Å². The van der Waals surface area contributed by atoms with Gasteiger partial charge in [-0.3, -0.25) is 4.79 Å². The normalized spacial score (nSPS) is 26.3. The Morgan fingerprint density at radius 3 is 2.15 bits per heavy atom. The van der Waals surface area contributed by atoms with Crippen molar-refractivity contribution in [3.63, 3.8) is 0 Å². The number of esters is 2. The van der Waals surface area contributed by atoms with Crippen LogP contribution in [0.3, 0.4) is 0 Å². The molecule has 2 aliphatic carbocycles. The van der Waals surface area contributed by atoms with E-state index in [2.05, 4.69) is 20.8 Å². The Kier molecular flexibility index (Phi) is 7.40. The molecule has 2 bridgehead atoms. The maximum atomic E-state index is 14.0. The maximum absolute atomic E-state index is 14.0. The van der Waals surface area contributed by atoms with Crippen molar-refractivity contribution in [2.75, 3.05) is 13.3 Å². The van der Waals surface area contributed by atoms with Crippen molar-refractivity contribution >= 4 is 17.5 Å². The van der Waals surface area contributed by atoms with Gasteiger partial charge in [-0.25, -0.2) is 9.18 Å². The van der Waals surface area contributed by atoms with E-state index in [1.807, 2.05) is 13.8 Å². The van der Waals surface area contributed by atoms with E-state index < -0.39 is 12.1 Å². The number of allylic oxidation sites excluding steroid dienone is 1. The molecule has 0 spiro atoms. The topological polar surface area (TPSA) is 52.6 Å². The summed E-state index contributed by atoms with van der Waals surface area (Å²) in [5.74, 6) is -0.0648. The van der Waals surface area contributed by atoms with Crippen molar-refractivity contribution in [1.82, 2.24) is 0 Å². The molecule has 0 aliphatic heterocycles. The molecule has 1 aromatic rings. The molecule has 2 aliphatic rings. The Labute approximate surface area is 197 Å². The fourth-order valence-corrected chi connectivity index (χ4v) is 5.94. The minimum atomic E-state index is -0.862. The Hall–Kier alpha value is -2.17. The number of carbonyl (C=O) groups excluding carboxylic acids is 2. The van der Waals surface area contributed by atoms with Gasteiger partial charge in [-0.05, 0) is 73.6 Å². The molecule has 4 nitrogen and oxygen atoms in total. The second-order valence-corrected chi connectivity index (χ2v) is 10.5. The number of alkyl halides is 1. The van der Waals surface area contributed by atoms with Crippen LogP contribution in [-0.4, -0.2) is 31.3 Å². The van der Waals surface area contributed by atoms with Gasteiger partial charge in [-0.2, -0.15) is 0 Å². The highest BCUT2D eigenvalue weighted by molar-refractivity contribution is 5.90. The van der Waals surface area contributed by atoms with Gasteiger partial charge in [-0.15, -0.1) is 0 Å². The van der Waals surface area contributed by atoms with Crippen LogP contribution in [0.5, 0.6) is 0 Å². The van der Waals surface area contributed by atoms with Crippen LogP contribution in [0.2, 0.25) is 0 Å². The lowest BCUT2D eigenvalue weighted by Gasteiger charge is -2.38. The van der Waals surface area contributed by atoms with Crippen LogP contribution in [0.1, 0.15) is 89.6 Å². The average molecular weight is 459 g/mol. The minimum absolute atomic E-state index is 0.00807. The number of hydrogen-bond donors (Lipinski definition) is 0.